The van der Waals surface area contributed by atoms with Crippen molar-refractivity contribution in [2.75, 3.05) is 13.2 Å². The topological polar surface area (TPSA) is 283 Å². The Kier molecular flexibility index (Phi) is 8.99. The second kappa shape index (κ2) is 11.0. The Morgan fingerprint density at radius 2 is 1.18 bits per heavy atom. The van der Waals surface area contributed by atoms with Crippen LogP contribution in [0.5, 0.6) is 0 Å². The average Bonchev–Trinajstić information content (AvgIpc) is 2.79. The van der Waals surface area contributed by atoms with E-state index in [0.717, 1.165) is 0 Å². The van der Waals surface area contributed by atoms with Crippen molar-refractivity contribution in [1.29, 1.82) is 0 Å². The summed E-state index contributed by atoms with van der Waals surface area (Å²) in [7, 11) is 0. The molecule has 0 aromatic heterocycles. The number of aliphatic hydroxyl groups excluding tert-OH is 7. The van der Waals surface area contributed by atoms with E-state index in [1.54, 1.807) is 0 Å². The Morgan fingerprint density at radius 3 is 1.70 bits per heavy atom. The minimum Gasteiger partial charge on any atom is -0.394 e. The van der Waals surface area contributed by atoms with Gasteiger partial charge in [0, 0.05) is 18.6 Å². The van der Waals surface area contributed by atoms with Crippen LogP contribution in [0.1, 0.15) is 6.42 Å². The molecule has 0 amide bonds. The first-order valence-corrected chi connectivity index (χ1v) is 10.8. The first-order valence-electron chi connectivity index (χ1n) is 10.8. The molecule has 3 aliphatic rings. The first-order chi connectivity index (χ1) is 15.5. The van der Waals surface area contributed by atoms with Crippen LogP contribution in [0.3, 0.4) is 0 Å². The van der Waals surface area contributed by atoms with Crippen molar-refractivity contribution < 1.29 is 54.7 Å². The second-order valence-electron chi connectivity index (χ2n) is 8.79. The van der Waals surface area contributed by atoms with E-state index in [2.05, 4.69) is 0 Å². The Balaban J connectivity index is 1.72. The van der Waals surface area contributed by atoms with Crippen molar-refractivity contribution in [3.8, 4) is 0 Å². The zero-order valence-corrected chi connectivity index (χ0v) is 17.9. The Morgan fingerprint density at radius 1 is 0.667 bits per heavy atom. The molecule has 1 aliphatic carbocycles. The molecule has 0 aromatic carbocycles. The van der Waals surface area contributed by atoms with Crippen LogP contribution in [0, 0.1) is 0 Å². The number of hydrogen-bond acceptors (Lipinski definition) is 15. The summed E-state index contributed by atoms with van der Waals surface area (Å²) in [5, 5.41) is 70.9. The normalized spacial score (nSPS) is 53.7. The molecule has 2 saturated heterocycles. The summed E-state index contributed by atoms with van der Waals surface area (Å²) in [5.74, 6) is 0. The highest BCUT2D eigenvalue weighted by atomic mass is 16.7. The van der Waals surface area contributed by atoms with Gasteiger partial charge in [0.2, 0.25) is 0 Å². The highest BCUT2D eigenvalue weighted by Crippen LogP contribution is 2.31. The zero-order chi connectivity index (χ0) is 24.6. The molecule has 3 fully saturated rings. The van der Waals surface area contributed by atoms with Crippen LogP contribution in [0.15, 0.2) is 0 Å². The van der Waals surface area contributed by atoms with Gasteiger partial charge in [-0.25, -0.2) is 0 Å². The minimum absolute atomic E-state index is 0.0849. The van der Waals surface area contributed by atoms with Gasteiger partial charge in [0.15, 0.2) is 12.6 Å². The smallest absolute Gasteiger partial charge is 0.187 e. The Hall–Kier alpha value is -0.600. The molecule has 15 atom stereocenters. The van der Waals surface area contributed by atoms with Crippen LogP contribution in [0.4, 0.5) is 0 Å². The zero-order valence-electron chi connectivity index (χ0n) is 17.9. The summed E-state index contributed by atoms with van der Waals surface area (Å²) >= 11 is 0. The summed E-state index contributed by atoms with van der Waals surface area (Å²) in [5.41, 5.74) is 23.5. The summed E-state index contributed by atoms with van der Waals surface area (Å²) in [4.78, 5) is 0. The van der Waals surface area contributed by atoms with Crippen molar-refractivity contribution in [2.45, 2.75) is 98.2 Å². The molecule has 15 N–H and O–H groups in total. The molecule has 0 radical (unpaired) electrons. The fourth-order valence-electron chi connectivity index (χ4n) is 4.40. The lowest BCUT2D eigenvalue weighted by Crippen LogP contribution is -2.68. The van der Waals surface area contributed by atoms with Crippen LogP contribution in [-0.4, -0.2) is 141 Å². The summed E-state index contributed by atoms with van der Waals surface area (Å²) in [6, 6.07) is -2.86. The highest BCUT2D eigenvalue weighted by Gasteiger charge is 2.51. The fourth-order valence-corrected chi connectivity index (χ4v) is 4.40. The molecule has 0 bridgehead atoms. The molecule has 15 heteroatoms. The number of hydrogen-bond donors (Lipinski definition) is 11. The third-order valence-electron chi connectivity index (χ3n) is 6.48. The van der Waals surface area contributed by atoms with Crippen molar-refractivity contribution in [1.82, 2.24) is 0 Å². The molecule has 194 valence electrons. The van der Waals surface area contributed by atoms with E-state index in [1.165, 1.54) is 0 Å². The van der Waals surface area contributed by atoms with Crippen LogP contribution in [-0.2, 0) is 18.9 Å². The van der Waals surface area contributed by atoms with E-state index in [9.17, 15) is 35.7 Å². The van der Waals surface area contributed by atoms with E-state index >= 15 is 0 Å². The quantitative estimate of drug-likeness (QED) is 0.167. The highest BCUT2D eigenvalue weighted by molar-refractivity contribution is 5.01. The molecule has 0 spiro atoms. The molecule has 15 nitrogen and oxygen atoms in total. The monoisotopic (exact) mass is 484 g/mol. The fraction of sp³-hybridized carbons (Fsp3) is 1.00. The molecule has 33 heavy (non-hydrogen) atoms. The molecule has 3 rings (SSSR count). The van der Waals surface area contributed by atoms with Gasteiger partial charge in [-0.1, -0.05) is 0 Å². The maximum Gasteiger partial charge on any atom is 0.187 e. The Bertz CT molecular complexity index is 584. The number of ether oxygens (including phenoxy) is 4. The molecule has 2 heterocycles. The first kappa shape index (κ1) is 27.0. The molecular weight excluding hydrogens is 448 g/mol. The van der Waals surface area contributed by atoms with E-state index in [0.29, 0.717) is 0 Å². The maximum absolute atomic E-state index is 10.9. The van der Waals surface area contributed by atoms with E-state index in [4.69, 9.17) is 41.9 Å². The summed E-state index contributed by atoms with van der Waals surface area (Å²) in [6.45, 7) is -0.763. The molecule has 0 aromatic rings. The SMILES string of the molecule is NC[C@@H]1O[C@H](O[C@@H]2[C@@H](O)[C@@H](O[C@H]3O[C@@H](CO)[C@@H](O)[C@@H](N)[C@@H]3O)[C@@H](N)C[C@@H]2N)[C@@H](O)[C@@H](O)[C@@H]1O. The van der Waals surface area contributed by atoms with Gasteiger partial charge in [-0.05, 0) is 6.42 Å². The van der Waals surface area contributed by atoms with Crippen LogP contribution in [0.25, 0.3) is 0 Å². The van der Waals surface area contributed by atoms with Gasteiger partial charge in [0.05, 0.1) is 12.6 Å². The lowest BCUT2D eigenvalue weighted by Gasteiger charge is -2.48. The number of rotatable bonds is 6. The lowest BCUT2D eigenvalue weighted by molar-refractivity contribution is -0.332. The van der Waals surface area contributed by atoms with Gasteiger partial charge in [0.25, 0.3) is 0 Å². The van der Waals surface area contributed by atoms with Crippen molar-refractivity contribution >= 4 is 0 Å². The molecular formula is C18H36N4O11. The van der Waals surface area contributed by atoms with Crippen molar-refractivity contribution in [3.05, 3.63) is 0 Å². The summed E-state index contributed by atoms with van der Waals surface area (Å²) in [6.07, 6.45) is -16.5. The van der Waals surface area contributed by atoms with Gasteiger partial charge in [-0.3, -0.25) is 0 Å². The van der Waals surface area contributed by atoms with Gasteiger partial charge in [-0.2, -0.15) is 0 Å². The summed E-state index contributed by atoms with van der Waals surface area (Å²) < 4.78 is 22.2. The lowest BCUT2D eigenvalue weighted by atomic mass is 9.84. The van der Waals surface area contributed by atoms with E-state index in [-0.39, 0.29) is 13.0 Å². The molecule has 2 aliphatic heterocycles. The van der Waals surface area contributed by atoms with E-state index < -0.39 is 98.4 Å². The standard InChI is InChI=1S/C18H36N4O11/c19-2-6-10(25)12(27)13(28)18(30-6)33-16-5(21)1-4(20)15(14(16)29)32-17-11(26)8(22)9(24)7(3-23)31-17/h4-18,23-29H,1-3,19-22H2/t4-,5-,6-,7-,8+,9+,10+,11-,12-,13-,14-,15-,16-,17+,18+/m0/s1. The van der Waals surface area contributed by atoms with Gasteiger partial charge in [-0.15, -0.1) is 0 Å². The third-order valence-corrected chi connectivity index (χ3v) is 6.48. The maximum atomic E-state index is 10.9. The van der Waals surface area contributed by atoms with Crippen LogP contribution >= 0.6 is 0 Å². The van der Waals surface area contributed by atoms with E-state index in [1.807, 2.05) is 0 Å². The average molecular weight is 485 g/mol. The Labute approximate surface area is 189 Å². The molecule has 1 saturated carbocycles. The van der Waals surface area contributed by atoms with Gasteiger partial charge < -0.3 is 77.6 Å². The van der Waals surface area contributed by atoms with Gasteiger partial charge in [0.1, 0.15) is 61.0 Å². The van der Waals surface area contributed by atoms with Crippen molar-refractivity contribution in [2.24, 2.45) is 22.9 Å². The predicted molar refractivity (Wildman–Crippen MR) is 108 cm³/mol. The number of nitrogens with two attached hydrogens (primary N) is 4. The van der Waals surface area contributed by atoms with Crippen LogP contribution in [0.2, 0.25) is 0 Å². The predicted octanol–water partition coefficient (Wildman–Crippen LogP) is -7.29. The third kappa shape index (κ3) is 5.32. The second-order valence-corrected chi connectivity index (χ2v) is 8.79. The van der Waals surface area contributed by atoms with Crippen molar-refractivity contribution in [3.63, 3.8) is 0 Å². The minimum atomic E-state index is -1.66. The van der Waals surface area contributed by atoms with Crippen LogP contribution < -0.4 is 22.9 Å². The molecule has 0 unspecified atom stereocenters. The largest absolute Gasteiger partial charge is 0.394 e. The van der Waals surface area contributed by atoms with Gasteiger partial charge >= 0.3 is 0 Å². The number of aliphatic hydroxyl groups is 7.